The van der Waals surface area contributed by atoms with Gasteiger partial charge < -0.3 is 21.3 Å². The van der Waals surface area contributed by atoms with E-state index in [1.807, 2.05) is 30.3 Å². The van der Waals surface area contributed by atoms with Crippen molar-refractivity contribution in [1.29, 1.82) is 0 Å². The molecule has 34 heavy (non-hydrogen) atoms. The number of aromatic nitrogens is 4. The first-order valence-electron chi connectivity index (χ1n) is 11.0. The van der Waals surface area contributed by atoms with E-state index < -0.39 is 0 Å². The number of nitrogens with one attached hydrogen (secondary N) is 4. The van der Waals surface area contributed by atoms with Gasteiger partial charge in [-0.1, -0.05) is 24.8 Å². The molecule has 0 radical (unpaired) electrons. The van der Waals surface area contributed by atoms with E-state index in [2.05, 4.69) is 42.8 Å². The summed E-state index contributed by atoms with van der Waals surface area (Å²) in [6, 6.07) is 13.7. The van der Waals surface area contributed by atoms with Gasteiger partial charge in [-0.3, -0.25) is 9.78 Å². The van der Waals surface area contributed by atoms with Crippen molar-refractivity contribution in [2.24, 2.45) is 0 Å². The maximum atomic E-state index is 11.7. The van der Waals surface area contributed by atoms with Crippen molar-refractivity contribution in [2.75, 3.05) is 29.0 Å². The van der Waals surface area contributed by atoms with Crippen LogP contribution in [0.5, 0.6) is 0 Å². The van der Waals surface area contributed by atoms with Crippen LogP contribution in [0.4, 0.5) is 23.1 Å². The molecule has 1 amide bonds. The van der Waals surface area contributed by atoms with Crippen LogP contribution in [-0.2, 0) is 4.79 Å². The van der Waals surface area contributed by atoms with Gasteiger partial charge in [0.25, 0.3) is 0 Å². The minimum absolute atomic E-state index is 0.279. The standard InChI is InChI=1S/C25H24N8O/c1-2-23(34)31-17-9-11-27-21(12-17)20-5-3-4-16-13-29-25(33-24(16)20)32-18-6-7-22(28-15-18)30-19-8-10-26-14-19/h2-7,9,11-13,15,19,26H,1,8,10,14H2,(H,28,30)(H,27,31,34)(H,29,32,33). The van der Waals surface area contributed by atoms with Crippen LogP contribution in [0.3, 0.4) is 0 Å². The minimum atomic E-state index is -0.279. The fraction of sp³-hybridized carbons (Fsp3) is 0.160. The van der Waals surface area contributed by atoms with Gasteiger partial charge in [-0.25, -0.2) is 15.0 Å². The third-order valence-electron chi connectivity index (χ3n) is 5.53. The number of pyridine rings is 2. The highest BCUT2D eigenvalue weighted by atomic mass is 16.1. The average Bonchev–Trinajstić information content (AvgIpc) is 3.38. The quantitative estimate of drug-likeness (QED) is 0.314. The van der Waals surface area contributed by atoms with Gasteiger partial charge >= 0.3 is 0 Å². The van der Waals surface area contributed by atoms with Crippen molar-refractivity contribution in [3.8, 4) is 11.3 Å². The molecule has 1 aliphatic rings. The largest absolute Gasteiger partial charge is 0.366 e. The van der Waals surface area contributed by atoms with Crippen LogP contribution in [0.1, 0.15) is 6.42 Å². The lowest BCUT2D eigenvalue weighted by atomic mass is 10.1. The summed E-state index contributed by atoms with van der Waals surface area (Å²) in [6.07, 6.45) is 7.50. The molecule has 1 atom stereocenters. The van der Waals surface area contributed by atoms with Gasteiger partial charge in [0.1, 0.15) is 5.82 Å². The summed E-state index contributed by atoms with van der Waals surface area (Å²) >= 11 is 0. The average molecular weight is 453 g/mol. The lowest BCUT2D eigenvalue weighted by Gasteiger charge is -2.12. The predicted octanol–water partition coefficient (Wildman–Crippen LogP) is 3.73. The van der Waals surface area contributed by atoms with Crippen molar-refractivity contribution in [1.82, 2.24) is 25.3 Å². The topological polar surface area (TPSA) is 117 Å². The van der Waals surface area contributed by atoms with E-state index in [1.165, 1.54) is 6.08 Å². The highest BCUT2D eigenvalue weighted by molar-refractivity contribution is 5.99. The van der Waals surface area contributed by atoms with Crippen LogP contribution in [0.2, 0.25) is 0 Å². The molecule has 4 N–H and O–H groups in total. The molecule has 9 heteroatoms. The van der Waals surface area contributed by atoms with E-state index >= 15 is 0 Å². The zero-order chi connectivity index (χ0) is 23.3. The Morgan fingerprint density at radius 2 is 2.03 bits per heavy atom. The molecule has 3 aromatic heterocycles. The van der Waals surface area contributed by atoms with Crippen molar-refractivity contribution in [3.63, 3.8) is 0 Å². The van der Waals surface area contributed by atoms with Crippen molar-refractivity contribution in [2.45, 2.75) is 12.5 Å². The monoisotopic (exact) mass is 452 g/mol. The van der Waals surface area contributed by atoms with E-state index in [0.29, 0.717) is 23.4 Å². The fourth-order valence-corrected chi connectivity index (χ4v) is 3.84. The molecule has 0 spiro atoms. The van der Waals surface area contributed by atoms with Crippen LogP contribution in [-0.4, -0.2) is 45.0 Å². The zero-order valence-electron chi connectivity index (χ0n) is 18.5. The number of benzene rings is 1. The van der Waals surface area contributed by atoms with Crippen LogP contribution in [0.25, 0.3) is 22.2 Å². The van der Waals surface area contributed by atoms with Crippen LogP contribution in [0.15, 0.2) is 73.7 Å². The third-order valence-corrected chi connectivity index (χ3v) is 5.53. The summed E-state index contributed by atoms with van der Waals surface area (Å²) in [5.41, 5.74) is 3.70. The van der Waals surface area contributed by atoms with Gasteiger partial charge in [0.2, 0.25) is 11.9 Å². The first-order valence-corrected chi connectivity index (χ1v) is 11.0. The normalized spacial score (nSPS) is 15.1. The Balaban J connectivity index is 1.39. The summed E-state index contributed by atoms with van der Waals surface area (Å²) in [4.78, 5) is 29.8. The number of fused-ring (bicyclic) bond motifs is 1. The minimum Gasteiger partial charge on any atom is -0.366 e. The second-order valence-electron chi connectivity index (χ2n) is 7.95. The highest BCUT2D eigenvalue weighted by Gasteiger charge is 2.14. The number of rotatable bonds is 7. The molecule has 4 heterocycles. The van der Waals surface area contributed by atoms with Gasteiger partial charge in [-0.2, -0.15) is 0 Å². The smallest absolute Gasteiger partial charge is 0.247 e. The Labute approximate surface area is 196 Å². The molecule has 1 saturated heterocycles. The molecular formula is C25H24N8O. The van der Waals surface area contributed by atoms with Crippen molar-refractivity contribution in [3.05, 3.63) is 73.7 Å². The summed E-state index contributed by atoms with van der Waals surface area (Å²) in [5.74, 6) is 1.02. The lowest BCUT2D eigenvalue weighted by Crippen LogP contribution is -2.22. The first-order chi connectivity index (χ1) is 16.7. The Morgan fingerprint density at radius 3 is 2.82 bits per heavy atom. The number of para-hydroxylation sites is 1. The Kier molecular flexibility index (Phi) is 6.09. The summed E-state index contributed by atoms with van der Waals surface area (Å²) in [5, 5.41) is 13.6. The third kappa shape index (κ3) is 4.84. The number of hydrogen-bond donors (Lipinski definition) is 4. The highest BCUT2D eigenvalue weighted by Crippen LogP contribution is 2.28. The molecule has 1 aromatic carbocycles. The molecule has 9 nitrogen and oxygen atoms in total. The molecule has 1 unspecified atom stereocenters. The van der Waals surface area contributed by atoms with Gasteiger partial charge in [0, 0.05) is 41.6 Å². The van der Waals surface area contributed by atoms with Gasteiger partial charge in [-0.15, -0.1) is 0 Å². The van der Waals surface area contributed by atoms with Crippen LogP contribution < -0.4 is 21.3 Å². The van der Waals surface area contributed by atoms with Gasteiger partial charge in [0.05, 0.1) is 23.1 Å². The van der Waals surface area contributed by atoms with Gasteiger partial charge in [0.15, 0.2) is 0 Å². The van der Waals surface area contributed by atoms with E-state index in [0.717, 1.165) is 47.5 Å². The summed E-state index contributed by atoms with van der Waals surface area (Å²) in [7, 11) is 0. The summed E-state index contributed by atoms with van der Waals surface area (Å²) in [6.45, 7) is 5.47. The molecule has 5 rings (SSSR count). The van der Waals surface area contributed by atoms with Crippen LogP contribution in [0, 0.1) is 0 Å². The molecule has 0 saturated carbocycles. The van der Waals surface area contributed by atoms with E-state index in [-0.39, 0.29) is 5.91 Å². The molecule has 1 aliphatic heterocycles. The van der Waals surface area contributed by atoms with E-state index in [1.54, 1.807) is 30.7 Å². The zero-order valence-corrected chi connectivity index (χ0v) is 18.5. The first kappa shape index (κ1) is 21.5. The predicted molar refractivity (Wildman–Crippen MR) is 134 cm³/mol. The molecular weight excluding hydrogens is 428 g/mol. The SMILES string of the molecule is C=CC(=O)Nc1ccnc(-c2cccc3cnc(Nc4ccc(NC5CCNC5)nc4)nc23)c1. The van der Waals surface area contributed by atoms with Crippen LogP contribution >= 0.6 is 0 Å². The molecule has 0 bridgehead atoms. The molecule has 0 aliphatic carbocycles. The number of carbonyl (C=O) groups is 1. The maximum Gasteiger partial charge on any atom is 0.247 e. The number of hydrogen-bond acceptors (Lipinski definition) is 8. The second kappa shape index (κ2) is 9.63. The maximum absolute atomic E-state index is 11.7. The number of nitrogens with zero attached hydrogens (tertiary/aromatic N) is 4. The van der Waals surface area contributed by atoms with E-state index in [4.69, 9.17) is 4.98 Å². The molecule has 170 valence electrons. The van der Waals surface area contributed by atoms with Crippen molar-refractivity contribution >= 4 is 40.0 Å². The second-order valence-corrected chi connectivity index (χ2v) is 7.95. The Hall–Kier alpha value is -4.37. The van der Waals surface area contributed by atoms with E-state index in [9.17, 15) is 4.79 Å². The number of amides is 1. The Morgan fingerprint density at radius 1 is 1.09 bits per heavy atom. The lowest BCUT2D eigenvalue weighted by molar-refractivity contribution is -0.111. The Bertz CT molecular complexity index is 1330. The number of carbonyl (C=O) groups excluding carboxylic acids is 1. The molecule has 4 aromatic rings. The fourth-order valence-electron chi connectivity index (χ4n) is 3.84. The molecule has 1 fully saturated rings. The summed E-state index contributed by atoms with van der Waals surface area (Å²) < 4.78 is 0. The van der Waals surface area contributed by atoms with Gasteiger partial charge in [-0.05, 0) is 43.3 Å². The van der Waals surface area contributed by atoms with Crippen molar-refractivity contribution < 1.29 is 4.79 Å². The number of anilines is 4.